The summed E-state index contributed by atoms with van der Waals surface area (Å²) in [5.41, 5.74) is 7.14. The lowest BCUT2D eigenvalue weighted by Gasteiger charge is -2.33. The number of rotatable bonds is 4. The Hall–Kier alpha value is -2.00. The molecule has 1 aliphatic carbocycles. The van der Waals surface area contributed by atoms with Gasteiger partial charge in [0, 0.05) is 17.6 Å². The van der Waals surface area contributed by atoms with E-state index >= 15 is 0 Å². The van der Waals surface area contributed by atoms with Crippen LogP contribution in [-0.2, 0) is 6.42 Å². The van der Waals surface area contributed by atoms with Gasteiger partial charge in [-0.05, 0) is 61.1 Å². The van der Waals surface area contributed by atoms with E-state index in [4.69, 9.17) is 0 Å². The maximum atomic E-state index is 10.6. The van der Waals surface area contributed by atoms with Gasteiger partial charge in [-0.1, -0.05) is 44.0 Å². The molecule has 2 aliphatic rings. The number of phenolic OH excluding ortho intramolecular Hbond substituents is 2. The molecule has 3 heteroatoms. The van der Waals surface area contributed by atoms with Crippen molar-refractivity contribution in [3.8, 4) is 22.6 Å². The standard InChI is InChI=1S/C22H27NO2/c1-4-6-17-15-10-13(3)11-16-20-14(7-8-19(24)22(20)25)12-18(21(15)16)23(17)9-5-2/h7-8,10-11,17-18,24-25H,4-6,9,12H2,1-3H3/t17-,18+/m1/s1. The molecule has 0 bridgehead atoms. The maximum Gasteiger partial charge on any atom is 0.165 e. The molecule has 0 spiro atoms. The number of fused-ring (bicyclic) bond motifs is 2. The highest BCUT2D eigenvalue weighted by Gasteiger charge is 2.42. The maximum absolute atomic E-state index is 10.6. The number of benzene rings is 2. The smallest absolute Gasteiger partial charge is 0.165 e. The van der Waals surface area contributed by atoms with E-state index in [1.54, 1.807) is 6.07 Å². The van der Waals surface area contributed by atoms with E-state index in [0.717, 1.165) is 36.1 Å². The van der Waals surface area contributed by atoms with Crippen LogP contribution in [0.15, 0.2) is 24.3 Å². The highest BCUT2D eigenvalue weighted by atomic mass is 16.3. The molecular formula is C22H27NO2. The highest BCUT2D eigenvalue weighted by Crippen LogP contribution is 2.55. The average Bonchev–Trinajstić information content (AvgIpc) is 2.86. The van der Waals surface area contributed by atoms with Crippen LogP contribution in [0, 0.1) is 6.92 Å². The second kappa shape index (κ2) is 6.06. The molecule has 2 aromatic carbocycles. The summed E-state index contributed by atoms with van der Waals surface area (Å²) < 4.78 is 0. The zero-order valence-corrected chi connectivity index (χ0v) is 15.3. The van der Waals surface area contributed by atoms with Crippen molar-refractivity contribution in [1.29, 1.82) is 0 Å². The Morgan fingerprint density at radius 1 is 1.12 bits per heavy atom. The first-order chi connectivity index (χ1) is 12.1. The number of phenols is 2. The molecule has 1 heterocycles. The molecule has 0 saturated heterocycles. The molecule has 2 atom stereocenters. The fourth-order valence-corrected chi connectivity index (χ4v) is 4.93. The predicted octanol–water partition coefficient (Wildman–Crippen LogP) is 5.24. The second-order valence-corrected chi connectivity index (χ2v) is 7.55. The molecule has 4 rings (SSSR count). The van der Waals surface area contributed by atoms with Crippen LogP contribution in [0.1, 0.15) is 67.4 Å². The first-order valence-electron chi connectivity index (χ1n) is 9.51. The minimum absolute atomic E-state index is 0.0269. The molecule has 0 saturated carbocycles. The van der Waals surface area contributed by atoms with Crippen molar-refractivity contribution in [2.75, 3.05) is 6.54 Å². The zero-order valence-electron chi connectivity index (χ0n) is 15.3. The second-order valence-electron chi connectivity index (χ2n) is 7.55. The number of aryl methyl sites for hydroxylation is 1. The lowest BCUT2D eigenvalue weighted by Crippen LogP contribution is -2.29. The van der Waals surface area contributed by atoms with Gasteiger partial charge in [0.1, 0.15) is 0 Å². The lowest BCUT2D eigenvalue weighted by atomic mass is 9.80. The van der Waals surface area contributed by atoms with Crippen molar-refractivity contribution in [3.05, 3.63) is 46.5 Å². The first-order valence-corrected chi connectivity index (χ1v) is 9.51. The van der Waals surface area contributed by atoms with Crippen molar-refractivity contribution in [1.82, 2.24) is 4.90 Å². The Bertz CT molecular complexity index is 827. The Labute approximate surface area is 149 Å². The number of hydrogen-bond donors (Lipinski definition) is 2. The van der Waals surface area contributed by atoms with E-state index in [1.807, 2.05) is 6.07 Å². The number of aromatic hydroxyl groups is 2. The minimum Gasteiger partial charge on any atom is -0.504 e. The van der Waals surface area contributed by atoms with Gasteiger partial charge in [0.25, 0.3) is 0 Å². The Morgan fingerprint density at radius 3 is 2.64 bits per heavy atom. The number of hydrogen-bond acceptors (Lipinski definition) is 3. The zero-order chi connectivity index (χ0) is 17.7. The third-order valence-corrected chi connectivity index (χ3v) is 5.82. The largest absolute Gasteiger partial charge is 0.504 e. The molecule has 0 unspecified atom stereocenters. The fourth-order valence-electron chi connectivity index (χ4n) is 4.93. The van der Waals surface area contributed by atoms with E-state index in [-0.39, 0.29) is 11.5 Å². The number of nitrogens with zero attached hydrogens (tertiary/aromatic N) is 1. The summed E-state index contributed by atoms with van der Waals surface area (Å²) in [6.07, 6.45) is 4.39. The third-order valence-electron chi connectivity index (χ3n) is 5.82. The molecule has 132 valence electrons. The normalized spacial score (nSPS) is 21.2. The lowest BCUT2D eigenvalue weighted by molar-refractivity contribution is 0.151. The summed E-state index contributed by atoms with van der Waals surface area (Å²) in [4.78, 5) is 2.67. The van der Waals surface area contributed by atoms with Gasteiger partial charge in [-0.15, -0.1) is 0 Å². The first kappa shape index (κ1) is 16.5. The fraction of sp³-hybridized carbons (Fsp3) is 0.455. The summed E-state index contributed by atoms with van der Waals surface area (Å²) >= 11 is 0. The van der Waals surface area contributed by atoms with Crippen LogP contribution in [0.2, 0.25) is 0 Å². The molecule has 2 aromatic rings. The SMILES string of the molecule is CCC[C@@H]1c2cc(C)cc3c2[C@H](Cc2ccc(O)c(O)c2-3)N1CCC. The minimum atomic E-state index is -0.0269. The molecule has 2 N–H and O–H groups in total. The van der Waals surface area contributed by atoms with Gasteiger partial charge in [-0.2, -0.15) is 0 Å². The van der Waals surface area contributed by atoms with Gasteiger partial charge in [0.2, 0.25) is 0 Å². The van der Waals surface area contributed by atoms with E-state index < -0.39 is 0 Å². The van der Waals surface area contributed by atoms with Crippen LogP contribution in [0.4, 0.5) is 0 Å². The van der Waals surface area contributed by atoms with E-state index in [1.165, 1.54) is 29.5 Å². The molecule has 25 heavy (non-hydrogen) atoms. The van der Waals surface area contributed by atoms with Crippen molar-refractivity contribution >= 4 is 0 Å². The predicted molar refractivity (Wildman–Crippen MR) is 101 cm³/mol. The third kappa shape index (κ3) is 2.36. The Kier molecular flexibility index (Phi) is 3.99. The summed E-state index contributed by atoms with van der Waals surface area (Å²) in [5, 5.41) is 20.6. The van der Waals surface area contributed by atoms with Gasteiger partial charge >= 0.3 is 0 Å². The molecule has 1 aliphatic heterocycles. The van der Waals surface area contributed by atoms with Crippen LogP contribution in [0.25, 0.3) is 11.1 Å². The van der Waals surface area contributed by atoms with Gasteiger partial charge < -0.3 is 10.2 Å². The molecule has 0 aromatic heterocycles. The van der Waals surface area contributed by atoms with Gasteiger partial charge in [0.05, 0.1) is 0 Å². The van der Waals surface area contributed by atoms with E-state index in [9.17, 15) is 10.2 Å². The van der Waals surface area contributed by atoms with Crippen molar-refractivity contribution in [2.45, 2.75) is 58.5 Å². The van der Waals surface area contributed by atoms with Crippen LogP contribution in [0.5, 0.6) is 11.5 Å². The highest BCUT2D eigenvalue weighted by molar-refractivity contribution is 5.83. The summed E-state index contributed by atoms with van der Waals surface area (Å²) in [6.45, 7) is 7.73. The summed E-state index contributed by atoms with van der Waals surface area (Å²) in [6, 6.07) is 8.98. The molecule has 0 radical (unpaired) electrons. The van der Waals surface area contributed by atoms with Gasteiger partial charge in [-0.25, -0.2) is 0 Å². The van der Waals surface area contributed by atoms with E-state index in [0.29, 0.717) is 12.1 Å². The van der Waals surface area contributed by atoms with Crippen LogP contribution < -0.4 is 0 Å². The summed E-state index contributed by atoms with van der Waals surface area (Å²) in [7, 11) is 0. The molecule has 3 nitrogen and oxygen atoms in total. The van der Waals surface area contributed by atoms with Gasteiger partial charge in [-0.3, -0.25) is 4.90 Å². The van der Waals surface area contributed by atoms with Crippen molar-refractivity contribution in [3.63, 3.8) is 0 Å². The van der Waals surface area contributed by atoms with Gasteiger partial charge in [0.15, 0.2) is 11.5 Å². The quantitative estimate of drug-likeness (QED) is 0.750. The monoisotopic (exact) mass is 337 g/mol. The van der Waals surface area contributed by atoms with Crippen LogP contribution in [-0.4, -0.2) is 21.7 Å². The average molecular weight is 337 g/mol. The molecular weight excluding hydrogens is 310 g/mol. The van der Waals surface area contributed by atoms with E-state index in [2.05, 4.69) is 37.8 Å². The topological polar surface area (TPSA) is 43.7 Å². The molecule has 0 amide bonds. The summed E-state index contributed by atoms with van der Waals surface area (Å²) in [5.74, 6) is 0.00529. The molecule has 0 fully saturated rings. The van der Waals surface area contributed by atoms with Crippen LogP contribution in [0.3, 0.4) is 0 Å². The Balaban J connectivity index is 1.97. The Morgan fingerprint density at radius 2 is 1.92 bits per heavy atom. The van der Waals surface area contributed by atoms with Crippen LogP contribution >= 0.6 is 0 Å². The van der Waals surface area contributed by atoms with Crippen molar-refractivity contribution in [2.24, 2.45) is 0 Å². The van der Waals surface area contributed by atoms with Crippen molar-refractivity contribution < 1.29 is 10.2 Å².